The molecule has 0 aliphatic rings. The van der Waals surface area contributed by atoms with Crippen molar-refractivity contribution < 1.29 is 0 Å². The lowest BCUT2D eigenvalue weighted by Crippen LogP contribution is -1.43. The minimum Gasteiger partial charge on any atom is -0.147 e. The lowest BCUT2D eigenvalue weighted by atomic mass is 10.4. The van der Waals surface area contributed by atoms with Crippen molar-refractivity contribution in [2.24, 2.45) is 0 Å². The minimum absolute atomic E-state index is 0. The van der Waals surface area contributed by atoms with Gasteiger partial charge in [-0.2, -0.15) is 0 Å². The Labute approximate surface area is 49.6 Å². The highest BCUT2D eigenvalue weighted by Gasteiger charge is 1.53. The fourth-order valence-electron chi connectivity index (χ4n) is 0.304. The zero-order valence-electron chi connectivity index (χ0n) is 3.72. The largest absolute Gasteiger partial charge is 0.147 e. The third kappa shape index (κ3) is 2.08. The number of halogens is 1. The fourth-order valence-corrected chi connectivity index (χ4v) is 0.304. The average molecular weight is 113 g/mol. The molecule has 1 aromatic carbocycles. The van der Waals surface area contributed by atoms with Gasteiger partial charge in [-0.1, -0.05) is 24.3 Å². The lowest BCUT2D eigenvalue weighted by Gasteiger charge is -1.61. The van der Waals surface area contributed by atoms with Crippen LogP contribution in [0.15, 0.2) is 24.3 Å². The van der Waals surface area contributed by atoms with Crippen LogP contribution in [0.25, 0.3) is 0 Å². The fraction of sp³-hybridized carbons (Fsp3) is 0. The molecule has 0 heterocycles. The second-order valence-electron chi connectivity index (χ2n) is 1.01. The number of hydrogen-bond acceptors (Lipinski definition) is 0. The van der Waals surface area contributed by atoms with Crippen LogP contribution in [-0.2, 0) is 0 Å². The SMILES string of the molecule is Cl.c1ccccc#1. The van der Waals surface area contributed by atoms with Gasteiger partial charge in [-0.15, -0.1) is 12.4 Å². The molecule has 0 saturated carbocycles. The van der Waals surface area contributed by atoms with Crippen LogP contribution >= 0.6 is 12.4 Å². The maximum absolute atomic E-state index is 2.77. The van der Waals surface area contributed by atoms with Gasteiger partial charge in [-0.25, -0.2) is 0 Å². The van der Waals surface area contributed by atoms with Gasteiger partial charge in [0.2, 0.25) is 0 Å². The molecular formula is C6H5Cl. The van der Waals surface area contributed by atoms with Crippen LogP contribution in [0.3, 0.4) is 0 Å². The van der Waals surface area contributed by atoms with E-state index in [2.05, 4.69) is 12.1 Å². The van der Waals surface area contributed by atoms with Gasteiger partial charge in [-0.3, -0.25) is 0 Å². The second-order valence-corrected chi connectivity index (χ2v) is 1.01. The Morgan fingerprint density at radius 2 is 1.29 bits per heavy atom. The van der Waals surface area contributed by atoms with E-state index in [9.17, 15) is 0 Å². The molecule has 0 aliphatic heterocycles. The number of rotatable bonds is 0. The summed E-state index contributed by atoms with van der Waals surface area (Å²) in [5.41, 5.74) is 0. The molecule has 0 unspecified atom stereocenters. The molecule has 0 amide bonds. The van der Waals surface area contributed by atoms with Crippen LogP contribution in [0.5, 0.6) is 0 Å². The normalized spacial score (nSPS) is 5.71. The molecule has 7 heavy (non-hydrogen) atoms. The van der Waals surface area contributed by atoms with Crippen molar-refractivity contribution in [3.63, 3.8) is 0 Å². The average Bonchev–Trinajstić information content (AvgIpc) is 1.72. The van der Waals surface area contributed by atoms with Crippen molar-refractivity contribution in [2.75, 3.05) is 0 Å². The third-order valence-electron chi connectivity index (χ3n) is 0.554. The van der Waals surface area contributed by atoms with Crippen LogP contribution in [-0.4, -0.2) is 0 Å². The monoisotopic (exact) mass is 112 g/mol. The van der Waals surface area contributed by atoms with Crippen molar-refractivity contribution in [1.82, 2.24) is 0 Å². The van der Waals surface area contributed by atoms with Crippen LogP contribution in [0.2, 0.25) is 0 Å². The molecule has 0 fully saturated rings. The van der Waals surface area contributed by atoms with Crippen molar-refractivity contribution >= 4 is 12.4 Å². The van der Waals surface area contributed by atoms with E-state index in [0.29, 0.717) is 0 Å². The van der Waals surface area contributed by atoms with Crippen molar-refractivity contribution in [1.29, 1.82) is 0 Å². The Kier molecular flexibility index (Phi) is 3.18. The first-order valence-electron chi connectivity index (χ1n) is 1.83. The molecular weight excluding hydrogens is 108 g/mol. The summed E-state index contributed by atoms with van der Waals surface area (Å²) in [4.78, 5) is 0. The smallest absolute Gasteiger partial charge is 0.0115 e. The number of hydrogen-bond donors (Lipinski definition) is 0. The van der Waals surface area contributed by atoms with Crippen LogP contribution in [0.4, 0.5) is 0 Å². The molecule has 0 N–H and O–H groups in total. The molecule has 0 atom stereocenters. The summed E-state index contributed by atoms with van der Waals surface area (Å²) in [7, 11) is 0. The highest BCUT2D eigenvalue weighted by atomic mass is 35.5. The van der Waals surface area contributed by atoms with Crippen LogP contribution < -0.4 is 0 Å². The van der Waals surface area contributed by atoms with Crippen LogP contribution in [0.1, 0.15) is 0 Å². The zero-order chi connectivity index (χ0) is 4.24. The van der Waals surface area contributed by atoms with Gasteiger partial charge in [-0.05, 0) is 12.1 Å². The molecule has 1 heteroatoms. The van der Waals surface area contributed by atoms with E-state index in [1.165, 1.54) is 0 Å². The van der Waals surface area contributed by atoms with Crippen molar-refractivity contribution in [3.8, 4) is 0 Å². The summed E-state index contributed by atoms with van der Waals surface area (Å²) >= 11 is 0. The van der Waals surface area contributed by atoms with E-state index in [1.807, 2.05) is 24.3 Å². The van der Waals surface area contributed by atoms with E-state index in [4.69, 9.17) is 0 Å². The van der Waals surface area contributed by atoms with Gasteiger partial charge in [0, 0.05) is 0 Å². The Bertz CT molecular complexity index is 76.1. The highest BCUT2D eigenvalue weighted by molar-refractivity contribution is 5.85. The highest BCUT2D eigenvalue weighted by Crippen LogP contribution is 1.71. The van der Waals surface area contributed by atoms with Gasteiger partial charge < -0.3 is 0 Å². The summed E-state index contributed by atoms with van der Waals surface area (Å²) in [6.45, 7) is 0. The molecule has 0 nitrogen and oxygen atoms in total. The second kappa shape index (κ2) is 3.52. The Hall–Kier alpha value is -0.670. The van der Waals surface area contributed by atoms with Gasteiger partial charge in [0.05, 0.1) is 0 Å². The molecule has 0 bridgehead atoms. The molecule has 0 spiro atoms. The first kappa shape index (κ1) is 6.33. The predicted molar refractivity (Wildman–Crippen MR) is 31.4 cm³/mol. The lowest BCUT2D eigenvalue weighted by molar-refractivity contribution is 1.76. The Balaban J connectivity index is 0.000000360. The Morgan fingerprint density at radius 3 is 1.43 bits per heavy atom. The first-order chi connectivity index (χ1) is 3.00. The summed E-state index contributed by atoms with van der Waals surface area (Å²) in [5.74, 6) is 0. The Morgan fingerprint density at radius 1 is 0.857 bits per heavy atom. The third-order valence-corrected chi connectivity index (χ3v) is 0.554. The molecule has 0 radical (unpaired) electrons. The van der Waals surface area contributed by atoms with E-state index in [-0.39, 0.29) is 12.4 Å². The van der Waals surface area contributed by atoms with Gasteiger partial charge in [0.1, 0.15) is 0 Å². The minimum atomic E-state index is 0. The van der Waals surface area contributed by atoms with E-state index in [0.717, 1.165) is 0 Å². The maximum atomic E-state index is 2.77. The predicted octanol–water partition coefficient (Wildman–Crippen LogP) is 1.71. The van der Waals surface area contributed by atoms with Crippen molar-refractivity contribution in [2.45, 2.75) is 0 Å². The van der Waals surface area contributed by atoms with Gasteiger partial charge in [0.15, 0.2) is 0 Å². The molecule has 1 rings (SSSR count). The summed E-state index contributed by atoms with van der Waals surface area (Å²) in [6, 6.07) is 13.0. The van der Waals surface area contributed by atoms with E-state index >= 15 is 0 Å². The molecule has 1 aromatic rings. The molecule has 36 valence electrons. The summed E-state index contributed by atoms with van der Waals surface area (Å²) < 4.78 is 0. The quantitative estimate of drug-likeness (QED) is 0.479. The molecule has 0 saturated heterocycles. The topological polar surface area (TPSA) is 0 Å². The van der Waals surface area contributed by atoms with Crippen LogP contribution in [0, 0.1) is 12.1 Å². The van der Waals surface area contributed by atoms with Crippen molar-refractivity contribution in [3.05, 3.63) is 36.4 Å². The standard InChI is InChI=1S/C6H4.ClH/c1-2-4-6-5-3-1;/h1-4H;1H. The van der Waals surface area contributed by atoms with Gasteiger partial charge >= 0.3 is 0 Å². The summed E-state index contributed by atoms with van der Waals surface area (Å²) in [5, 5.41) is 0. The first-order valence-corrected chi connectivity index (χ1v) is 1.83. The zero-order valence-corrected chi connectivity index (χ0v) is 4.53. The van der Waals surface area contributed by atoms with Gasteiger partial charge in [0.25, 0.3) is 0 Å². The van der Waals surface area contributed by atoms with E-state index < -0.39 is 0 Å². The maximum Gasteiger partial charge on any atom is -0.0115 e. The molecule has 0 aromatic heterocycles. The van der Waals surface area contributed by atoms with E-state index in [1.54, 1.807) is 0 Å². The summed E-state index contributed by atoms with van der Waals surface area (Å²) in [6.07, 6.45) is 0. The molecule has 0 aliphatic carbocycles.